The molecule has 0 unspecified atom stereocenters. The molecule has 2 aromatic rings. The molecule has 0 fully saturated rings. The number of halogens is 2. The summed E-state index contributed by atoms with van der Waals surface area (Å²) >= 11 is 6.84. The topological polar surface area (TPSA) is 17.8 Å². The number of aryl methyl sites for hydroxylation is 1. The average molecular weight is 316 g/mol. The SMILES string of the molecule is Cn1cnc(Br)c1-c1ccc(Br)cc1. The second-order valence-corrected chi connectivity index (χ2v) is 4.67. The Labute approximate surface area is 99.2 Å². The smallest absolute Gasteiger partial charge is 0.132 e. The predicted octanol–water partition coefficient (Wildman–Crippen LogP) is 3.61. The molecule has 14 heavy (non-hydrogen) atoms. The minimum atomic E-state index is 0.877. The van der Waals surface area contributed by atoms with Crippen molar-refractivity contribution in [1.29, 1.82) is 0 Å². The molecule has 0 atom stereocenters. The maximum Gasteiger partial charge on any atom is 0.132 e. The van der Waals surface area contributed by atoms with Crippen LogP contribution < -0.4 is 0 Å². The molecule has 0 saturated carbocycles. The van der Waals surface area contributed by atoms with Gasteiger partial charge in [0.15, 0.2) is 0 Å². The van der Waals surface area contributed by atoms with Crippen LogP contribution in [-0.4, -0.2) is 9.55 Å². The summed E-state index contributed by atoms with van der Waals surface area (Å²) in [6, 6.07) is 8.17. The zero-order valence-corrected chi connectivity index (χ0v) is 10.7. The molecule has 0 radical (unpaired) electrons. The lowest BCUT2D eigenvalue weighted by Gasteiger charge is -2.03. The second-order valence-electron chi connectivity index (χ2n) is 3.00. The van der Waals surface area contributed by atoms with Crippen LogP contribution in [0.15, 0.2) is 39.7 Å². The molecule has 1 aromatic heterocycles. The highest BCUT2D eigenvalue weighted by atomic mass is 79.9. The van der Waals surface area contributed by atoms with Gasteiger partial charge >= 0.3 is 0 Å². The molecule has 0 aliphatic heterocycles. The lowest BCUT2D eigenvalue weighted by Crippen LogP contribution is -1.89. The first-order valence-corrected chi connectivity index (χ1v) is 5.70. The lowest BCUT2D eigenvalue weighted by atomic mass is 10.2. The quantitative estimate of drug-likeness (QED) is 0.786. The Kier molecular flexibility index (Phi) is 2.74. The lowest BCUT2D eigenvalue weighted by molar-refractivity contribution is 0.921. The largest absolute Gasteiger partial charge is 0.333 e. The van der Waals surface area contributed by atoms with E-state index in [1.807, 2.05) is 23.7 Å². The standard InChI is InChI=1S/C10H8Br2N2/c1-14-6-13-10(12)9(14)7-2-4-8(11)5-3-7/h2-6H,1H3. The van der Waals surface area contributed by atoms with Gasteiger partial charge in [-0.15, -0.1) is 0 Å². The number of aromatic nitrogens is 2. The second kappa shape index (κ2) is 3.87. The van der Waals surface area contributed by atoms with Crippen LogP contribution in [0.2, 0.25) is 0 Å². The zero-order chi connectivity index (χ0) is 10.1. The Morgan fingerprint density at radius 2 is 1.79 bits per heavy atom. The third-order valence-corrected chi connectivity index (χ3v) is 3.12. The van der Waals surface area contributed by atoms with Crippen molar-refractivity contribution in [2.75, 3.05) is 0 Å². The monoisotopic (exact) mass is 314 g/mol. The summed E-state index contributed by atoms with van der Waals surface area (Å²) in [5.74, 6) is 0. The average Bonchev–Trinajstić information content (AvgIpc) is 2.49. The molecule has 2 nitrogen and oxygen atoms in total. The van der Waals surface area contributed by atoms with Crippen molar-refractivity contribution in [3.8, 4) is 11.3 Å². The van der Waals surface area contributed by atoms with Crippen molar-refractivity contribution in [1.82, 2.24) is 9.55 Å². The fourth-order valence-corrected chi connectivity index (χ4v) is 2.20. The molecule has 1 heterocycles. The predicted molar refractivity (Wildman–Crippen MR) is 64.0 cm³/mol. The summed E-state index contributed by atoms with van der Waals surface area (Å²) in [4.78, 5) is 4.18. The Morgan fingerprint density at radius 3 is 2.29 bits per heavy atom. The number of rotatable bonds is 1. The first-order chi connectivity index (χ1) is 6.68. The van der Waals surface area contributed by atoms with E-state index in [4.69, 9.17) is 0 Å². The zero-order valence-electron chi connectivity index (χ0n) is 7.54. The van der Waals surface area contributed by atoms with E-state index in [1.54, 1.807) is 6.33 Å². The Hall–Kier alpha value is -0.610. The summed E-state index contributed by atoms with van der Waals surface area (Å²) in [7, 11) is 1.98. The first kappa shape index (κ1) is 9.93. The van der Waals surface area contributed by atoms with Crippen LogP contribution in [0.25, 0.3) is 11.3 Å². The molecule has 0 N–H and O–H groups in total. The summed E-state index contributed by atoms with van der Waals surface area (Å²) in [5.41, 5.74) is 2.25. The van der Waals surface area contributed by atoms with E-state index in [0.717, 1.165) is 20.3 Å². The highest BCUT2D eigenvalue weighted by Gasteiger charge is 2.07. The van der Waals surface area contributed by atoms with Crippen molar-refractivity contribution in [2.45, 2.75) is 0 Å². The van der Waals surface area contributed by atoms with Crippen molar-refractivity contribution in [3.63, 3.8) is 0 Å². The van der Waals surface area contributed by atoms with Gasteiger partial charge in [-0.2, -0.15) is 0 Å². The summed E-state index contributed by atoms with van der Waals surface area (Å²) in [6.45, 7) is 0. The van der Waals surface area contributed by atoms with Crippen LogP contribution in [0.1, 0.15) is 0 Å². The van der Waals surface area contributed by atoms with E-state index < -0.39 is 0 Å². The third-order valence-electron chi connectivity index (χ3n) is 2.01. The van der Waals surface area contributed by atoms with Crippen LogP contribution in [0.5, 0.6) is 0 Å². The molecule has 0 spiro atoms. The number of hydrogen-bond donors (Lipinski definition) is 0. The van der Waals surface area contributed by atoms with Crippen LogP contribution in [0.3, 0.4) is 0 Å². The maximum absolute atomic E-state index is 4.18. The Bertz CT molecular complexity index is 426. The molecule has 0 aliphatic carbocycles. The molecule has 72 valence electrons. The number of nitrogens with zero attached hydrogens (tertiary/aromatic N) is 2. The summed E-state index contributed by atoms with van der Waals surface area (Å²) in [6.07, 6.45) is 1.79. The van der Waals surface area contributed by atoms with Gasteiger partial charge in [-0.1, -0.05) is 28.1 Å². The molecule has 1 aromatic carbocycles. The van der Waals surface area contributed by atoms with Crippen molar-refractivity contribution in [2.24, 2.45) is 7.05 Å². The van der Waals surface area contributed by atoms with Crippen molar-refractivity contribution in [3.05, 3.63) is 39.7 Å². The third kappa shape index (κ3) is 1.77. The van der Waals surface area contributed by atoms with Gasteiger partial charge in [0.2, 0.25) is 0 Å². The van der Waals surface area contributed by atoms with Gasteiger partial charge in [0.1, 0.15) is 4.60 Å². The number of benzene rings is 1. The fraction of sp³-hybridized carbons (Fsp3) is 0.100. The molecule has 0 saturated heterocycles. The number of hydrogen-bond acceptors (Lipinski definition) is 1. The van der Waals surface area contributed by atoms with Gasteiger partial charge in [-0.25, -0.2) is 4.98 Å². The highest BCUT2D eigenvalue weighted by Crippen LogP contribution is 2.27. The highest BCUT2D eigenvalue weighted by molar-refractivity contribution is 9.10. The van der Waals surface area contributed by atoms with Crippen LogP contribution >= 0.6 is 31.9 Å². The summed E-state index contributed by atoms with van der Waals surface area (Å²) in [5, 5.41) is 0. The van der Waals surface area contributed by atoms with Crippen LogP contribution in [0, 0.1) is 0 Å². The molecular weight excluding hydrogens is 308 g/mol. The van der Waals surface area contributed by atoms with E-state index >= 15 is 0 Å². The van der Waals surface area contributed by atoms with E-state index in [9.17, 15) is 0 Å². The van der Waals surface area contributed by atoms with Gasteiger partial charge in [0, 0.05) is 17.1 Å². The van der Waals surface area contributed by atoms with Gasteiger partial charge in [-0.05, 0) is 28.1 Å². The van der Waals surface area contributed by atoms with E-state index in [2.05, 4.69) is 49.0 Å². The maximum atomic E-state index is 4.18. The van der Waals surface area contributed by atoms with Crippen molar-refractivity contribution < 1.29 is 0 Å². The first-order valence-electron chi connectivity index (χ1n) is 4.11. The van der Waals surface area contributed by atoms with Gasteiger partial charge in [0.05, 0.1) is 12.0 Å². The molecule has 0 bridgehead atoms. The molecular formula is C10H8Br2N2. The van der Waals surface area contributed by atoms with Gasteiger partial charge in [0.25, 0.3) is 0 Å². The normalized spacial score (nSPS) is 10.5. The minimum absolute atomic E-state index is 0.877. The summed E-state index contributed by atoms with van der Waals surface area (Å²) < 4.78 is 3.95. The fourth-order valence-electron chi connectivity index (χ4n) is 1.33. The van der Waals surface area contributed by atoms with E-state index in [0.29, 0.717) is 0 Å². The Balaban J connectivity index is 2.54. The van der Waals surface area contributed by atoms with Gasteiger partial charge < -0.3 is 4.57 Å². The van der Waals surface area contributed by atoms with Gasteiger partial charge in [-0.3, -0.25) is 0 Å². The van der Waals surface area contributed by atoms with Crippen LogP contribution in [0.4, 0.5) is 0 Å². The molecule has 0 amide bonds. The minimum Gasteiger partial charge on any atom is -0.333 e. The van der Waals surface area contributed by atoms with Crippen molar-refractivity contribution >= 4 is 31.9 Å². The van der Waals surface area contributed by atoms with E-state index in [-0.39, 0.29) is 0 Å². The molecule has 2 rings (SSSR count). The molecule has 0 aliphatic rings. The number of imidazole rings is 1. The van der Waals surface area contributed by atoms with E-state index in [1.165, 1.54) is 0 Å². The molecule has 4 heteroatoms. The Morgan fingerprint density at radius 1 is 1.14 bits per heavy atom. The van der Waals surface area contributed by atoms with Crippen LogP contribution in [-0.2, 0) is 7.05 Å².